The van der Waals surface area contributed by atoms with Crippen LogP contribution in [-0.2, 0) is 6.42 Å². The fourth-order valence-corrected chi connectivity index (χ4v) is 1.09. The molecule has 0 saturated heterocycles. The minimum atomic E-state index is 0. The number of hydrogen-bond acceptors (Lipinski definition) is 0. The van der Waals surface area contributed by atoms with Gasteiger partial charge in [-0.3, -0.25) is 0 Å². The third-order valence-electron chi connectivity index (χ3n) is 1.49. The van der Waals surface area contributed by atoms with Crippen molar-refractivity contribution in [3.63, 3.8) is 0 Å². The average molecular weight is 229 g/mol. The van der Waals surface area contributed by atoms with E-state index in [4.69, 9.17) is 0 Å². The van der Waals surface area contributed by atoms with Crippen molar-refractivity contribution in [2.45, 2.75) is 20.3 Å². The summed E-state index contributed by atoms with van der Waals surface area (Å²) in [4.78, 5) is 0. The van der Waals surface area contributed by atoms with Crippen molar-refractivity contribution in [2.24, 2.45) is 5.92 Å². The Morgan fingerprint density at radius 1 is 1.00 bits per heavy atom. The fraction of sp³-hybridized carbons (Fsp3) is 0.400. The first kappa shape index (κ1) is 19.2. The van der Waals surface area contributed by atoms with Crippen LogP contribution in [0.2, 0.25) is 0 Å². The molecule has 0 aromatic heterocycles. The van der Waals surface area contributed by atoms with Gasteiger partial charge in [0.1, 0.15) is 0 Å². The van der Waals surface area contributed by atoms with Crippen LogP contribution in [-0.4, -0.2) is 23.1 Å². The Morgan fingerprint density at radius 3 is 1.85 bits per heavy atom. The normalized spacial score (nSPS) is 7.92. The standard InChI is InChI=1S/C10H14.2ClH.Mg/c1-9(2)8-10-6-4-3-5-7-10;;;/h3-7,9H,8H2,1-2H3;2*1H;/q;;;+2/p-2. The van der Waals surface area contributed by atoms with Crippen LogP contribution in [0.1, 0.15) is 19.4 Å². The van der Waals surface area contributed by atoms with Gasteiger partial charge in [0.15, 0.2) is 0 Å². The fourth-order valence-electron chi connectivity index (χ4n) is 1.09. The minimum Gasteiger partial charge on any atom is -1.00 e. The molecule has 0 radical (unpaired) electrons. The smallest absolute Gasteiger partial charge is 1.00 e. The summed E-state index contributed by atoms with van der Waals surface area (Å²) < 4.78 is 0. The van der Waals surface area contributed by atoms with Crippen molar-refractivity contribution in [1.82, 2.24) is 0 Å². The van der Waals surface area contributed by atoms with Crippen LogP contribution < -0.4 is 24.8 Å². The van der Waals surface area contributed by atoms with Gasteiger partial charge in [0, 0.05) is 0 Å². The van der Waals surface area contributed by atoms with E-state index < -0.39 is 0 Å². The molecule has 70 valence electrons. The van der Waals surface area contributed by atoms with Crippen molar-refractivity contribution >= 4 is 23.1 Å². The van der Waals surface area contributed by atoms with E-state index in [9.17, 15) is 0 Å². The molecule has 3 heteroatoms. The Bertz CT molecular complexity index is 187. The molecule has 0 aliphatic heterocycles. The molecule has 0 spiro atoms. The molecule has 1 rings (SSSR count). The SMILES string of the molecule is CC(C)Cc1ccccc1.[Cl-].[Cl-].[Mg+2]. The number of hydrogen-bond donors (Lipinski definition) is 0. The van der Waals surface area contributed by atoms with Gasteiger partial charge in [-0.25, -0.2) is 0 Å². The molecule has 0 nitrogen and oxygen atoms in total. The number of benzene rings is 1. The average Bonchev–Trinajstić information content (AvgIpc) is 1.88. The summed E-state index contributed by atoms with van der Waals surface area (Å²) in [5, 5.41) is 0. The Kier molecular flexibility index (Phi) is 15.7. The molecule has 0 unspecified atom stereocenters. The van der Waals surface area contributed by atoms with Crippen molar-refractivity contribution in [3.8, 4) is 0 Å². The monoisotopic (exact) mass is 228 g/mol. The molecular formula is C10H14Cl2Mg. The molecule has 0 N–H and O–H groups in total. The van der Waals surface area contributed by atoms with Gasteiger partial charge in [0.05, 0.1) is 0 Å². The van der Waals surface area contributed by atoms with Crippen molar-refractivity contribution in [1.29, 1.82) is 0 Å². The summed E-state index contributed by atoms with van der Waals surface area (Å²) in [6.45, 7) is 4.49. The molecule has 13 heavy (non-hydrogen) atoms. The summed E-state index contributed by atoms with van der Waals surface area (Å²) in [5.74, 6) is 0.766. The predicted octanol–water partition coefficient (Wildman–Crippen LogP) is -3.49. The van der Waals surface area contributed by atoms with E-state index in [1.54, 1.807) is 0 Å². The Hall–Kier alpha value is 0.566. The van der Waals surface area contributed by atoms with E-state index in [2.05, 4.69) is 44.2 Å². The largest absolute Gasteiger partial charge is 2.00 e. The summed E-state index contributed by atoms with van der Waals surface area (Å²) in [6, 6.07) is 10.6. The first-order chi connectivity index (χ1) is 4.79. The molecule has 0 atom stereocenters. The Morgan fingerprint density at radius 2 is 1.46 bits per heavy atom. The van der Waals surface area contributed by atoms with Crippen LogP contribution >= 0.6 is 0 Å². The van der Waals surface area contributed by atoms with Gasteiger partial charge in [-0.1, -0.05) is 44.2 Å². The minimum absolute atomic E-state index is 0. The van der Waals surface area contributed by atoms with Gasteiger partial charge >= 0.3 is 23.1 Å². The van der Waals surface area contributed by atoms with E-state index >= 15 is 0 Å². The van der Waals surface area contributed by atoms with Gasteiger partial charge in [-0.15, -0.1) is 0 Å². The van der Waals surface area contributed by atoms with Crippen molar-refractivity contribution in [3.05, 3.63) is 35.9 Å². The van der Waals surface area contributed by atoms with Crippen LogP contribution in [0.3, 0.4) is 0 Å². The van der Waals surface area contributed by atoms with Crippen LogP contribution in [0.25, 0.3) is 0 Å². The zero-order chi connectivity index (χ0) is 7.40. The van der Waals surface area contributed by atoms with Gasteiger partial charge in [-0.2, -0.15) is 0 Å². The molecule has 0 heterocycles. The van der Waals surface area contributed by atoms with Crippen LogP contribution in [0.4, 0.5) is 0 Å². The zero-order valence-electron chi connectivity index (χ0n) is 8.13. The van der Waals surface area contributed by atoms with Crippen molar-refractivity contribution in [2.75, 3.05) is 0 Å². The summed E-state index contributed by atoms with van der Waals surface area (Å²) in [5.41, 5.74) is 1.44. The molecule has 0 bridgehead atoms. The van der Waals surface area contributed by atoms with Gasteiger partial charge < -0.3 is 24.8 Å². The molecule has 0 aliphatic carbocycles. The van der Waals surface area contributed by atoms with E-state index in [0.29, 0.717) is 0 Å². The topological polar surface area (TPSA) is 0 Å². The van der Waals surface area contributed by atoms with Crippen LogP contribution in [0.15, 0.2) is 30.3 Å². The second-order valence-corrected chi connectivity index (χ2v) is 3.08. The van der Waals surface area contributed by atoms with Gasteiger partial charge in [0.2, 0.25) is 0 Å². The molecule has 1 aromatic rings. The zero-order valence-corrected chi connectivity index (χ0v) is 11.1. The van der Waals surface area contributed by atoms with Gasteiger partial charge in [-0.05, 0) is 17.9 Å². The molecule has 1 aromatic carbocycles. The molecular weight excluding hydrogens is 215 g/mol. The van der Waals surface area contributed by atoms with E-state index in [0.717, 1.165) is 5.92 Å². The third kappa shape index (κ3) is 8.88. The number of halogens is 2. The molecule has 0 fully saturated rings. The van der Waals surface area contributed by atoms with E-state index in [-0.39, 0.29) is 47.9 Å². The maximum absolute atomic E-state index is 2.24. The summed E-state index contributed by atoms with van der Waals surface area (Å²) in [6.07, 6.45) is 1.20. The molecule has 0 aliphatic rings. The second kappa shape index (κ2) is 10.6. The maximum atomic E-state index is 2.24. The van der Waals surface area contributed by atoms with Crippen molar-refractivity contribution < 1.29 is 24.8 Å². The second-order valence-electron chi connectivity index (χ2n) is 3.08. The number of rotatable bonds is 2. The maximum Gasteiger partial charge on any atom is 2.00 e. The quantitative estimate of drug-likeness (QED) is 0.462. The summed E-state index contributed by atoms with van der Waals surface area (Å²) in [7, 11) is 0. The van der Waals surface area contributed by atoms with E-state index in [1.165, 1.54) is 12.0 Å². The first-order valence-corrected chi connectivity index (χ1v) is 3.83. The molecule has 0 amide bonds. The Balaban J connectivity index is -0.000000333. The first-order valence-electron chi connectivity index (χ1n) is 3.83. The predicted molar refractivity (Wildman–Crippen MR) is 50.7 cm³/mol. The molecule has 0 saturated carbocycles. The summed E-state index contributed by atoms with van der Waals surface area (Å²) >= 11 is 0. The van der Waals surface area contributed by atoms with Crippen LogP contribution in [0, 0.1) is 5.92 Å². The van der Waals surface area contributed by atoms with E-state index in [1.807, 2.05) is 0 Å². The van der Waals surface area contributed by atoms with Crippen LogP contribution in [0.5, 0.6) is 0 Å². The third-order valence-corrected chi connectivity index (χ3v) is 1.49. The van der Waals surface area contributed by atoms with Gasteiger partial charge in [0.25, 0.3) is 0 Å². The Labute approximate surface area is 109 Å².